The third-order valence-electron chi connectivity index (χ3n) is 1.90. The van der Waals surface area contributed by atoms with Gasteiger partial charge in [0.1, 0.15) is 5.82 Å². The van der Waals surface area contributed by atoms with Gasteiger partial charge >= 0.3 is 0 Å². The van der Waals surface area contributed by atoms with Crippen molar-refractivity contribution in [2.45, 2.75) is 5.33 Å². The Bertz CT molecular complexity index is 452. The van der Waals surface area contributed by atoms with Crippen LogP contribution in [0.2, 0.25) is 0 Å². The van der Waals surface area contributed by atoms with E-state index in [1.165, 1.54) is 17.4 Å². The molecule has 0 aliphatic rings. The summed E-state index contributed by atoms with van der Waals surface area (Å²) in [7, 11) is 0. The van der Waals surface area contributed by atoms with E-state index < -0.39 is 0 Å². The molecule has 13 heavy (non-hydrogen) atoms. The summed E-state index contributed by atoms with van der Waals surface area (Å²) in [6.45, 7) is 0. The summed E-state index contributed by atoms with van der Waals surface area (Å²) >= 11 is 4.72. The van der Waals surface area contributed by atoms with Crippen LogP contribution in [0.1, 0.15) is 4.88 Å². The van der Waals surface area contributed by atoms with E-state index in [1.807, 2.05) is 6.07 Å². The van der Waals surface area contributed by atoms with Gasteiger partial charge in [-0.25, -0.2) is 4.39 Å². The van der Waals surface area contributed by atoms with Crippen molar-refractivity contribution in [3.05, 3.63) is 28.9 Å². The number of halogens is 2. The van der Waals surface area contributed by atoms with Crippen LogP contribution in [-0.4, -0.2) is 0 Å². The maximum Gasteiger partial charge on any atom is 0.141 e. The van der Waals surface area contributed by atoms with Crippen LogP contribution in [0.25, 0.3) is 10.1 Å². The SMILES string of the molecule is Nc1c(CBr)sc2c(F)cccc12. The molecule has 1 aromatic heterocycles. The van der Waals surface area contributed by atoms with Crippen molar-refractivity contribution in [1.29, 1.82) is 0 Å². The molecule has 1 heterocycles. The van der Waals surface area contributed by atoms with Gasteiger partial charge in [0.2, 0.25) is 0 Å². The molecule has 2 rings (SSSR count). The van der Waals surface area contributed by atoms with Gasteiger partial charge in [-0.15, -0.1) is 11.3 Å². The Hall–Kier alpha value is -0.610. The van der Waals surface area contributed by atoms with Crippen LogP contribution in [0.15, 0.2) is 18.2 Å². The van der Waals surface area contributed by atoms with Crippen LogP contribution in [0.3, 0.4) is 0 Å². The third kappa shape index (κ3) is 1.34. The Morgan fingerprint density at radius 2 is 2.23 bits per heavy atom. The first-order valence-electron chi connectivity index (χ1n) is 3.75. The van der Waals surface area contributed by atoms with Crippen molar-refractivity contribution in [3.8, 4) is 0 Å². The predicted molar refractivity (Wildman–Crippen MR) is 58.8 cm³/mol. The minimum Gasteiger partial charge on any atom is -0.397 e. The molecule has 0 unspecified atom stereocenters. The summed E-state index contributed by atoms with van der Waals surface area (Å²) in [6.07, 6.45) is 0. The highest BCUT2D eigenvalue weighted by molar-refractivity contribution is 9.08. The molecule has 2 N–H and O–H groups in total. The average Bonchev–Trinajstić information content (AvgIpc) is 2.45. The largest absolute Gasteiger partial charge is 0.397 e. The lowest BCUT2D eigenvalue weighted by molar-refractivity contribution is 0.642. The van der Waals surface area contributed by atoms with Crippen LogP contribution < -0.4 is 5.73 Å². The first-order chi connectivity index (χ1) is 6.24. The fourth-order valence-electron chi connectivity index (χ4n) is 1.25. The lowest BCUT2D eigenvalue weighted by atomic mass is 10.2. The van der Waals surface area contributed by atoms with Gasteiger partial charge in [0, 0.05) is 15.6 Å². The number of nitrogens with two attached hydrogens (primary N) is 1. The van der Waals surface area contributed by atoms with Crippen molar-refractivity contribution in [1.82, 2.24) is 0 Å². The Morgan fingerprint density at radius 1 is 1.46 bits per heavy atom. The molecular weight excluding hydrogens is 253 g/mol. The van der Waals surface area contributed by atoms with E-state index >= 15 is 0 Å². The van der Waals surface area contributed by atoms with Crippen LogP contribution in [-0.2, 0) is 5.33 Å². The molecule has 0 saturated heterocycles. The van der Waals surface area contributed by atoms with Crippen molar-refractivity contribution >= 4 is 43.0 Å². The summed E-state index contributed by atoms with van der Waals surface area (Å²) in [6, 6.07) is 4.98. The highest BCUT2D eigenvalue weighted by Gasteiger charge is 2.10. The quantitative estimate of drug-likeness (QED) is 0.780. The van der Waals surface area contributed by atoms with Crippen molar-refractivity contribution in [3.63, 3.8) is 0 Å². The molecule has 0 radical (unpaired) electrons. The predicted octanol–water partition coefficient (Wildman–Crippen LogP) is 3.52. The average molecular weight is 260 g/mol. The van der Waals surface area contributed by atoms with Crippen LogP contribution in [0.4, 0.5) is 10.1 Å². The number of hydrogen-bond acceptors (Lipinski definition) is 2. The van der Waals surface area contributed by atoms with Gasteiger partial charge in [0.05, 0.1) is 10.4 Å². The molecule has 4 heteroatoms. The smallest absolute Gasteiger partial charge is 0.141 e. The number of fused-ring (bicyclic) bond motifs is 1. The lowest BCUT2D eigenvalue weighted by Gasteiger charge is -1.92. The summed E-state index contributed by atoms with van der Waals surface area (Å²) in [5, 5.41) is 1.50. The minimum absolute atomic E-state index is 0.193. The topological polar surface area (TPSA) is 26.0 Å². The molecule has 0 spiro atoms. The molecular formula is C9H7BrFNS. The molecule has 0 atom stereocenters. The van der Waals surface area contributed by atoms with Gasteiger partial charge in [-0.1, -0.05) is 28.1 Å². The standard InChI is InChI=1S/C9H7BrFNS/c10-4-7-8(12)5-2-1-3-6(11)9(5)13-7/h1-3H,4,12H2. The van der Waals surface area contributed by atoms with Crippen molar-refractivity contribution in [2.75, 3.05) is 5.73 Å². The maximum absolute atomic E-state index is 13.3. The Labute approximate surface area is 87.5 Å². The fourth-order valence-corrected chi connectivity index (χ4v) is 2.87. The molecule has 0 aliphatic carbocycles. The van der Waals surface area contributed by atoms with Crippen LogP contribution in [0.5, 0.6) is 0 Å². The van der Waals surface area contributed by atoms with E-state index in [2.05, 4.69) is 15.9 Å². The number of alkyl halides is 1. The van der Waals surface area contributed by atoms with Crippen molar-refractivity contribution in [2.24, 2.45) is 0 Å². The first-order valence-corrected chi connectivity index (χ1v) is 5.69. The number of benzene rings is 1. The fraction of sp³-hybridized carbons (Fsp3) is 0.111. The van der Waals surface area contributed by atoms with Crippen LogP contribution >= 0.6 is 27.3 Å². The zero-order valence-electron chi connectivity index (χ0n) is 6.68. The Morgan fingerprint density at radius 3 is 2.85 bits per heavy atom. The van der Waals surface area contributed by atoms with Crippen molar-refractivity contribution < 1.29 is 4.39 Å². The zero-order valence-corrected chi connectivity index (χ0v) is 9.08. The number of rotatable bonds is 1. The summed E-state index contributed by atoms with van der Waals surface area (Å²) in [5.41, 5.74) is 6.52. The van der Waals surface area contributed by atoms with E-state index in [0.29, 0.717) is 15.7 Å². The van der Waals surface area contributed by atoms with E-state index in [-0.39, 0.29) is 5.82 Å². The normalized spacial score (nSPS) is 10.9. The second kappa shape index (κ2) is 3.27. The minimum atomic E-state index is -0.193. The van der Waals surface area contributed by atoms with Gasteiger partial charge in [-0.05, 0) is 6.07 Å². The van der Waals surface area contributed by atoms with Gasteiger partial charge in [-0.3, -0.25) is 0 Å². The summed E-state index contributed by atoms with van der Waals surface area (Å²) in [5.74, 6) is -0.193. The van der Waals surface area contributed by atoms with Gasteiger partial charge < -0.3 is 5.73 Å². The summed E-state index contributed by atoms with van der Waals surface area (Å²) < 4.78 is 13.9. The Balaban J connectivity index is 2.83. The molecule has 1 aromatic carbocycles. The van der Waals surface area contributed by atoms with E-state index in [0.717, 1.165) is 10.3 Å². The first kappa shape index (κ1) is 8.97. The van der Waals surface area contributed by atoms with Crippen LogP contribution in [0, 0.1) is 5.82 Å². The number of hydrogen-bond donors (Lipinski definition) is 1. The van der Waals surface area contributed by atoms with Gasteiger partial charge in [0.15, 0.2) is 0 Å². The summed E-state index contributed by atoms with van der Waals surface area (Å²) in [4.78, 5) is 0.986. The molecule has 0 saturated carbocycles. The number of thiophene rings is 1. The van der Waals surface area contributed by atoms with E-state index in [1.54, 1.807) is 6.07 Å². The third-order valence-corrected chi connectivity index (χ3v) is 4.07. The maximum atomic E-state index is 13.3. The molecule has 0 fully saturated rings. The lowest BCUT2D eigenvalue weighted by Crippen LogP contribution is -1.85. The van der Waals surface area contributed by atoms with Gasteiger partial charge in [-0.2, -0.15) is 0 Å². The molecule has 0 aliphatic heterocycles. The van der Waals surface area contributed by atoms with E-state index in [4.69, 9.17) is 5.73 Å². The monoisotopic (exact) mass is 259 g/mol. The van der Waals surface area contributed by atoms with Gasteiger partial charge in [0.25, 0.3) is 0 Å². The molecule has 68 valence electrons. The second-order valence-electron chi connectivity index (χ2n) is 2.69. The molecule has 2 aromatic rings. The van der Waals surface area contributed by atoms with E-state index in [9.17, 15) is 4.39 Å². The highest BCUT2D eigenvalue weighted by atomic mass is 79.9. The number of nitrogen functional groups attached to an aromatic ring is 1. The molecule has 0 bridgehead atoms. The number of anilines is 1. The highest BCUT2D eigenvalue weighted by Crippen LogP contribution is 2.36. The zero-order chi connectivity index (χ0) is 9.42. The second-order valence-corrected chi connectivity index (χ2v) is 4.35. The Kier molecular flexibility index (Phi) is 2.26. The molecule has 1 nitrogen and oxygen atoms in total. The molecule has 0 amide bonds.